The average Bonchev–Trinajstić information content (AvgIpc) is 1.80. The van der Waals surface area contributed by atoms with Crippen LogP contribution in [-0.2, 0) is 0 Å². The van der Waals surface area contributed by atoms with Gasteiger partial charge in [-0.2, -0.15) is 0 Å². The van der Waals surface area contributed by atoms with E-state index in [1.807, 2.05) is 0 Å². The van der Waals surface area contributed by atoms with Gasteiger partial charge < -0.3 is 10.0 Å². The van der Waals surface area contributed by atoms with Gasteiger partial charge in [-0.15, -0.1) is 0 Å². The Labute approximate surface area is 75.6 Å². The zero-order valence-electron chi connectivity index (χ0n) is 8.89. The highest BCUT2D eigenvalue weighted by atomic mass is 16.3. The lowest BCUT2D eigenvalue weighted by atomic mass is 9.68. The number of nitrogens with zero attached hydrogens (tertiary/aromatic N) is 1. The maximum atomic E-state index is 10.1. The Bertz CT molecular complexity index is 157. The summed E-state index contributed by atoms with van der Waals surface area (Å²) in [5.41, 5.74) is 0.0486. The van der Waals surface area contributed by atoms with Gasteiger partial charge in [-0.05, 0) is 7.05 Å². The molecule has 1 N–H and O–H groups in total. The summed E-state index contributed by atoms with van der Waals surface area (Å²) in [5.74, 6) is 0. The normalized spacial score (nSPS) is 30.5. The molecule has 1 saturated heterocycles. The Morgan fingerprint density at radius 3 is 1.75 bits per heavy atom. The second-order valence-electron chi connectivity index (χ2n) is 5.55. The summed E-state index contributed by atoms with van der Waals surface area (Å²) in [5, 5.41) is 10.1. The largest absolute Gasteiger partial charge is 0.392 e. The minimum atomic E-state index is -0.193. The number of aliphatic hydroxyl groups is 1. The van der Waals surface area contributed by atoms with Crippen LogP contribution >= 0.6 is 0 Å². The second kappa shape index (κ2) is 2.71. The van der Waals surface area contributed by atoms with Crippen molar-refractivity contribution in [1.29, 1.82) is 0 Å². The van der Waals surface area contributed by atoms with Crippen LogP contribution in [0.15, 0.2) is 0 Å². The maximum Gasteiger partial charge on any atom is 0.0666 e. The molecule has 0 amide bonds. The summed E-state index contributed by atoms with van der Waals surface area (Å²) in [6.07, 6.45) is -0.193. The molecule has 1 aliphatic heterocycles. The molecule has 0 aromatic rings. The van der Waals surface area contributed by atoms with Crippen molar-refractivity contribution in [2.24, 2.45) is 10.8 Å². The van der Waals surface area contributed by atoms with Crippen LogP contribution < -0.4 is 0 Å². The van der Waals surface area contributed by atoms with Crippen LogP contribution in [-0.4, -0.2) is 36.2 Å². The van der Waals surface area contributed by atoms with Crippen molar-refractivity contribution >= 4 is 0 Å². The molecule has 0 aliphatic carbocycles. The van der Waals surface area contributed by atoms with Crippen molar-refractivity contribution < 1.29 is 5.11 Å². The zero-order chi connectivity index (χ0) is 9.57. The Kier molecular flexibility index (Phi) is 2.26. The van der Waals surface area contributed by atoms with E-state index in [9.17, 15) is 5.11 Å². The predicted molar refractivity (Wildman–Crippen MR) is 51.1 cm³/mol. The van der Waals surface area contributed by atoms with Crippen LogP contribution in [0.4, 0.5) is 0 Å². The highest BCUT2D eigenvalue weighted by Crippen LogP contribution is 2.39. The van der Waals surface area contributed by atoms with Crippen LogP contribution in [0.1, 0.15) is 27.7 Å². The number of hydrogen-bond acceptors (Lipinski definition) is 2. The summed E-state index contributed by atoms with van der Waals surface area (Å²) < 4.78 is 0. The van der Waals surface area contributed by atoms with E-state index in [4.69, 9.17) is 0 Å². The van der Waals surface area contributed by atoms with Gasteiger partial charge in [0.25, 0.3) is 0 Å². The number of piperidine rings is 1. The van der Waals surface area contributed by atoms with Gasteiger partial charge >= 0.3 is 0 Å². The van der Waals surface area contributed by atoms with Crippen molar-refractivity contribution in [3.63, 3.8) is 0 Å². The molecule has 1 rings (SSSR count). The molecule has 0 saturated carbocycles. The molecule has 0 aromatic carbocycles. The third-order valence-electron chi connectivity index (χ3n) is 2.84. The summed E-state index contributed by atoms with van der Waals surface area (Å²) in [4.78, 5) is 2.30. The van der Waals surface area contributed by atoms with Crippen LogP contribution in [0, 0.1) is 10.8 Å². The third-order valence-corrected chi connectivity index (χ3v) is 2.84. The maximum absolute atomic E-state index is 10.1. The Hall–Kier alpha value is -0.0800. The molecule has 1 heterocycles. The summed E-state index contributed by atoms with van der Waals surface area (Å²) in [6.45, 7) is 10.5. The first-order valence-electron chi connectivity index (χ1n) is 4.62. The predicted octanol–water partition coefficient (Wildman–Crippen LogP) is 1.35. The third kappa shape index (κ3) is 1.64. The topological polar surface area (TPSA) is 23.5 Å². The first-order chi connectivity index (χ1) is 5.26. The van der Waals surface area contributed by atoms with E-state index >= 15 is 0 Å². The minimum Gasteiger partial charge on any atom is -0.392 e. The molecule has 72 valence electrons. The average molecular weight is 171 g/mol. The van der Waals surface area contributed by atoms with Gasteiger partial charge in [-0.1, -0.05) is 27.7 Å². The molecular formula is C10H21NO. The van der Waals surface area contributed by atoms with Gasteiger partial charge in [0.05, 0.1) is 6.10 Å². The fourth-order valence-electron chi connectivity index (χ4n) is 2.68. The number of hydrogen-bond donors (Lipinski definition) is 1. The lowest BCUT2D eigenvalue weighted by Gasteiger charge is -2.49. The lowest BCUT2D eigenvalue weighted by molar-refractivity contribution is -0.101. The smallest absolute Gasteiger partial charge is 0.0666 e. The van der Waals surface area contributed by atoms with E-state index < -0.39 is 0 Å². The first kappa shape index (κ1) is 10.0. The van der Waals surface area contributed by atoms with Crippen molar-refractivity contribution in [2.45, 2.75) is 33.8 Å². The molecule has 0 spiro atoms. The molecule has 12 heavy (non-hydrogen) atoms. The monoisotopic (exact) mass is 171 g/mol. The van der Waals surface area contributed by atoms with Gasteiger partial charge in [0.2, 0.25) is 0 Å². The van der Waals surface area contributed by atoms with Crippen LogP contribution in [0.3, 0.4) is 0 Å². The highest BCUT2D eigenvalue weighted by Gasteiger charge is 2.44. The fourth-order valence-corrected chi connectivity index (χ4v) is 2.68. The molecule has 2 heteroatoms. The van der Waals surface area contributed by atoms with Gasteiger partial charge in [-0.25, -0.2) is 0 Å². The molecule has 0 radical (unpaired) electrons. The lowest BCUT2D eigenvalue weighted by Crippen LogP contribution is -2.57. The van der Waals surface area contributed by atoms with Crippen molar-refractivity contribution in [2.75, 3.05) is 20.1 Å². The minimum absolute atomic E-state index is 0.0243. The van der Waals surface area contributed by atoms with E-state index in [2.05, 4.69) is 39.6 Å². The molecular weight excluding hydrogens is 150 g/mol. The SMILES string of the molecule is CN1CC(C)(C)C(O)C(C)(C)C1. The first-order valence-corrected chi connectivity index (χ1v) is 4.62. The standard InChI is InChI=1S/C10H21NO/c1-9(2)6-11(5)7-10(3,4)8(9)12/h8,12H,6-7H2,1-5H3. The summed E-state index contributed by atoms with van der Waals surface area (Å²) >= 11 is 0. The van der Waals surface area contributed by atoms with E-state index in [0.717, 1.165) is 13.1 Å². The van der Waals surface area contributed by atoms with Crippen molar-refractivity contribution in [3.05, 3.63) is 0 Å². The van der Waals surface area contributed by atoms with Gasteiger partial charge in [-0.3, -0.25) is 0 Å². The highest BCUT2D eigenvalue weighted by molar-refractivity contribution is 4.96. The molecule has 1 fully saturated rings. The van der Waals surface area contributed by atoms with Crippen LogP contribution in [0.2, 0.25) is 0 Å². The van der Waals surface area contributed by atoms with E-state index in [0.29, 0.717) is 0 Å². The Morgan fingerprint density at radius 2 is 1.42 bits per heavy atom. The Balaban J connectivity index is 2.84. The van der Waals surface area contributed by atoms with Gasteiger partial charge in [0.15, 0.2) is 0 Å². The molecule has 0 bridgehead atoms. The molecule has 0 atom stereocenters. The second-order valence-corrected chi connectivity index (χ2v) is 5.55. The van der Waals surface area contributed by atoms with E-state index in [-0.39, 0.29) is 16.9 Å². The quantitative estimate of drug-likeness (QED) is 0.594. The van der Waals surface area contributed by atoms with Gasteiger partial charge in [0, 0.05) is 23.9 Å². The summed E-state index contributed by atoms with van der Waals surface area (Å²) in [6, 6.07) is 0. The molecule has 0 aromatic heterocycles. The van der Waals surface area contributed by atoms with Crippen molar-refractivity contribution in [1.82, 2.24) is 4.90 Å². The van der Waals surface area contributed by atoms with Crippen LogP contribution in [0.5, 0.6) is 0 Å². The van der Waals surface area contributed by atoms with Crippen molar-refractivity contribution in [3.8, 4) is 0 Å². The number of likely N-dealkylation sites (tertiary alicyclic amines) is 1. The molecule has 1 aliphatic rings. The number of rotatable bonds is 0. The van der Waals surface area contributed by atoms with Gasteiger partial charge in [0.1, 0.15) is 0 Å². The zero-order valence-corrected chi connectivity index (χ0v) is 8.89. The molecule has 2 nitrogen and oxygen atoms in total. The summed E-state index contributed by atoms with van der Waals surface area (Å²) in [7, 11) is 2.12. The fraction of sp³-hybridized carbons (Fsp3) is 1.00. The van der Waals surface area contributed by atoms with E-state index in [1.165, 1.54) is 0 Å². The number of aliphatic hydroxyl groups excluding tert-OH is 1. The van der Waals surface area contributed by atoms with Crippen LogP contribution in [0.25, 0.3) is 0 Å². The van der Waals surface area contributed by atoms with E-state index in [1.54, 1.807) is 0 Å². The Morgan fingerprint density at radius 1 is 1.08 bits per heavy atom. The molecule has 0 unspecified atom stereocenters.